The molecule has 2 unspecified atom stereocenters. The zero-order chi connectivity index (χ0) is 30.8. The van der Waals surface area contributed by atoms with Crippen LogP contribution in [0.1, 0.15) is 113 Å². The van der Waals surface area contributed by atoms with Gasteiger partial charge in [0.25, 0.3) is 0 Å². The molecule has 0 aromatic heterocycles. The van der Waals surface area contributed by atoms with Gasteiger partial charge < -0.3 is 30.0 Å². The van der Waals surface area contributed by atoms with E-state index < -0.39 is 11.9 Å². The molecule has 0 saturated carbocycles. The van der Waals surface area contributed by atoms with Crippen molar-refractivity contribution in [3.63, 3.8) is 0 Å². The number of phenols is 2. The van der Waals surface area contributed by atoms with Crippen molar-refractivity contribution in [2.24, 2.45) is 9.98 Å². The maximum atomic E-state index is 10.5. The number of rotatable bonds is 11. The van der Waals surface area contributed by atoms with Crippen LogP contribution in [0.4, 0.5) is 0 Å². The monoisotopic (exact) mass is 613 g/mol. The standard InChI is InChI=1S/C28H40N2O2.2C2H4O2.Co/c1-7-19(5)23-13-21(9-3)27(31)25(15-23)17-29-11-12-30-18-26-16-24(20(6)8-2)14-22(10-4)28(26)32;2*1-2(3)4;/h13-20,31-32H,7-12H2,1-6H3;2*1H3,(H,3,4);/q;;;+2/p-2. The molecule has 1 radical (unpaired) electrons. The van der Waals surface area contributed by atoms with Gasteiger partial charge in [-0.3, -0.25) is 9.98 Å². The largest absolute Gasteiger partial charge is 2.00 e. The fourth-order valence-corrected chi connectivity index (χ4v) is 3.71. The Morgan fingerprint density at radius 1 is 0.732 bits per heavy atom. The Morgan fingerprint density at radius 3 is 1.27 bits per heavy atom. The first-order valence-electron chi connectivity index (χ1n) is 13.9. The van der Waals surface area contributed by atoms with E-state index >= 15 is 0 Å². The molecule has 0 saturated heterocycles. The molecule has 0 amide bonds. The van der Waals surface area contributed by atoms with Crippen molar-refractivity contribution in [1.82, 2.24) is 0 Å². The molecule has 2 rings (SSSR count). The first kappa shape index (κ1) is 40.0. The van der Waals surface area contributed by atoms with Gasteiger partial charge in [-0.2, -0.15) is 0 Å². The van der Waals surface area contributed by atoms with Crippen LogP contribution in [-0.4, -0.2) is 47.7 Å². The molecule has 229 valence electrons. The number of hydrogen-bond donors (Lipinski definition) is 2. The molecule has 0 bridgehead atoms. The Morgan fingerprint density at radius 2 is 1.02 bits per heavy atom. The molecule has 0 fully saturated rings. The molecule has 2 aromatic carbocycles. The first-order valence-corrected chi connectivity index (χ1v) is 13.9. The smallest absolute Gasteiger partial charge is 0.550 e. The maximum absolute atomic E-state index is 10.5. The molecule has 2 aromatic rings. The number of carbonyl (C=O) groups is 2. The topological polar surface area (TPSA) is 145 Å². The predicted molar refractivity (Wildman–Crippen MR) is 159 cm³/mol. The van der Waals surface area contributed by atoms with Gasteiger partial charge in [0.05, 0.1) is 13.1 Å². The van der Waals surface area contributed by atoms with Crippen LogP contribution in [0.3, 0.4) is 0 Å². The quantitative estimate of drug-likeness (QED) is 0.286. The molecule has 0 spiro atoms. The number of carboxylic acids is 2. The number of nitrogens with zero attached hydrogens (tertiary/aromatic N) is 2. The predicted octanol–water partition coefficient (Wildman–Crippen LogP) is 4.30. The van der Waals surface area contributed by atoms with Gasteiger partial charge in [0.15, 0.2) is 0 Å². The molecule has 9 heteroatoms. The average Bonchev–Trinajstić information content (AvgIpc) is 2.90. The summed E-state index contributed by atoms with van der Waals surface area (Å²) < 4.78 is 0. The third kappa shape index (κ3) is 15.4. The van der Waals surface area contributed by atoms with Crippen LogP contribution in [-0.2, 0) is 39.2 Å². The molecule has 2 atom stereocenters. The zero-order valence-electron chi connectivity index (χ0n) is 25.6. The third-order valence-corrected chi connectivity index (χ3v) is 6.42. The van der Waals surface area contributed by atoms with Crippen molar-refractivity contribution in [1.29, 1.82) is 0 Å². The van der Waals surface area contributed by atoms with E-state index in [9.17, 15) is 10.2 Å². The minimum atomic E-state index is -1.08. The van der Waals surface area contributed by atoms with E-state index in [1.165, 1.54) is 11.1 Å². The summed E-state index contributed by atoms with van der Waals surface area (Å²) in [5, 5.41) is 38.9. The summed E-state index contributed by atoms with van der Waals surface area (Å²) in [4.78, 5) is 26.8. The summed E-state index contributed by atoms with van der Waals surface area (Å²) in [7, 11) is 0. The van der Waals surface area contributed by atoms with Gasteiger partial charge in [-0.15, -0.1) is 0 Å². The van der Waals surface area contributed by atoms with Crippen LogP contribution in [0, 0.1) is 0 Å². The molecule has 0 aliphatic carbocycles. The van der Waals surface area contributed by atoms with Crippen LogP contribution in [0.25, 0.3) is 0 Å². The average molecular weight is 614 g/mol. The van der Waals surface area contributed by atoms with E-state index in [1.54, 1.807) is 12.4 Å². The van der Waals surface area contributed by atoms with Gasteiger partial charge in [-0.05, 0) is 85.8 Å². The van der Waals surface area contributed by atoms with Crippen molar-refractivity contribution < 1.29 is 46.8 Å². The van der Waals surface area contributed by atoms with Crippen molar-refractivity contribution >= 4 is 24.4 Å². The van der Waals surface area contributed by atoms with Crippen molar-refractivity contribution in [3.8, 4) is 11.5 Å². The van der Waals surface area contributed by atoms with E-state index in [0.29, 0.717) is 36.4 Å². The van der Waals surface area contributed by atoms with Crippen molar-refractivity contribution in [2.75, 3.05) is 13.1 Å². The Labute approximate surface area is 255 Å². The minimum Gasteiger partial charge on any atom is -0.550 e. The van der Waals surface area contributed by atoms with E-state index in [4.69, 9.17) is 19.8 Å². The number of carboxylic acid groups (broad SMARTS) is 2. The molecule has 0 aliphatic heterocycles. The molecule has 41 heavy (non-hydrogen) atoms. The number of aryl methyl sites for hydroxylation is 2. The normalized spacial score (nSPS) is 12.0. The van der Waals surface area contributed by atoms with Gasteiger partial charge in [0, 0.05) is 35.5 Å². The second kappa shape index (κ2) is 21.6. The molecule has 0 heterocycles. The van der Waals surface area contributed by atoms with Crippen LogP contribution >= 0.6 is 0 Å². The summed E-state index contributed by atoms with van der Waals surface area (Å²) >= 11 is 0. The Kier molecular flexibility index (Phi) is 21.0. The van der Waals surface area contributed by atoms with Gasteiger partial charge >= 0.3 is 16.8 Å². The number of aliphatic carboxylic acids is 2. The number of carbonyl (C=O) groups excluding carboxylic acids is 2. The molecule has 2 N–H and O–H groups in total. The van der Waals surface area contributed by atoms with Gasteiger partial charge in [0.2, 0.25) is 0 Å². The van der Waals surface area contributed by atoms with Crippen molar-refractivity contribution in [3.05, 3.63) is 57.6 Å². The first-order chi connectivity index (χ1) is 18.8. The maximum Gasteiger partial charge on any atom is 2.00 e. The van der Waals surface area contributed by atoms with Crippen LogP contribution in [0.15, 0.2) is 34.3 Å². The van der Waals surface area contributed by atoms with Gasteiger partial charge in [-0.1, -0.05) is 53.7 Å². The van der Waals surface area contributed by atoms with E-state index in [-0.39, 0.29) is 16.8 Å². The number of phenolic OH excluding ortho intramolecular Hbond substituents is 2. The summed E-state index contributed by atoms with van der Waals surface area (Å²) in [6, 6.07) is 8.30. The van der Waals surface area contributed by atoms with Gasteiger partial charge in [-0.25, -0.2) is 0 Å². The summed E-state index contributed by atoms with van der Waals surface area (Å²) in [5.74, 6) is -0.620. The number of benzene rings is 2. The van der Waals surface area contributed by atoms with Crippen LogP contribution in [0.2, 0.25) is 0 Å². The van der Waals surface area contributed by atoms with Gasteiger partial charge in [0.1, 0.15) is 11.5 Å². The number of hydrogen-bond acceptors (Lipinski definition) is 8. The molecular formula is C32H46CoN2O6. The Bertz CT molecular complexity index is 1050. The Hall–Kier alpha value is -3.17. The Balaban J connectivity index is 0. The fourth-order valence-electron chi connectivity index (χ4n) is 3.71. The summed E-state index contributed by atoms with van der Waals surface area (Å²) in [6.45, 7) is 15.9. The van der Waals surface area contributed by atoms with Crippen LogP contribution < -0.4 is 10.2 Å². The van der Waals surface area contributed by atoms with E-state index in [1.807, 2.05) is 12.1 Å². The molecule has 8 nitrogen and oxygen atoms in total. The fraction of sp³-hybridized carbons (Fsp3) is 0.500. The summed E-state index contributed by atoms with van der Waals surface area (Å²) in [6.07, 6.45) is 7.21. The van der Waals surface area contributed by atoms with Crippen LogP contribution in [0.5, 0.6) is 11.5 Å². The second-order valence-corrected chi connectivity index (χ2v) is 9.62. The molecule has 0 aliphatic rings. The van der Waals surface area contributed by atoms with E-state index in [2.05, 4.69) is 63.7 Å². The van der Waals surface area contributed by atoms with Crippen molar-refractivity contribution in [2.45, 2.75) is 92.9 Å². The summed E-state index contributed by atoms with van der Waals surface area (Å²) in [5.41, 5.74) is 5.96. The zero-order valence-corrected chi connectivity index (χ0v) is 26.7. The number of aliphatic imine (C=N–C) groups is 2. The minimum absolute atomic E-state index is 0. The number of aromatic hydroxyl groups is 2. The molecular weight excluding hydrogens is 567 g/mol. The third-order valence-electron chi connectivity index (χ3n) is 6.42. The SMILES string of the molecule is CC(=O)[O-].CC(=O)[O-].CCc1cc(C(C)CC)cc(C=NCCN=Cc2cc(C(C)CC)cc(CC)c2O)c1O.[Co+2]. The van der Waals surface area contributed by atoms with E-state index in [0.717, 1.165) is 61.8 Å². The second-order valence-electron chi connectivity index (χ2n) is 9.62.